The molecule has 0 unspecified atom stereocenters. The Labute approximate surface area is 117 Å². The number of halogens is 1. The maximum Gasteiger partial charge on any atom is 0.0642 e. The van der Waals surface area contributed by atoms with Gasteiger partial charge in [0.2, 0.25) is 0 Å². The third-order valence-electron chi connectivity index (χ3n) is 2.88. The van der Waals surface area contributed by atoms with Crippen LogP contribution in [0, 0.1) is 0 Å². The minimum Gasteiger partial charge on any atom is -0.368 e. The molecule has 2 nitrogen and oxygen atoms in total. The van der Waals surface area contributed by atoms with Crippen LogP contribution in [0.15, 0.2) is 35.7 Å². The Morgan fingerprint density at radius 2 is 2.17 bits per heavy atom. The first-order chi connectivity index (χ1) is 8.58. The third kappa shape index (κ3) is 3.05. The molecular formula is C14H17ClN2S. The van der Waals surface area contributed by atoms with Gasteiger partial charge < -0.3 is 10.6 Å². The van der Waals surface area contributed by atoms with Crippen LogP contribution in [0.4, 0.5) is 5.69 Å². The summed E-state index contributed by atoms with van der Waals surface area (Å²) in [5, 5.41) is 2.84. The van der Waals surface area contributed by atoms with E-state index in [-0.39, 0.29) is 6.04 Å². The molecular weight excluding hydrogens is 264 g/mol. The SMILES string of the molecule is C[C@H](N)c1ccc(N(C)Cc2cccs2)c(Cl)c1. The first-order valence-corrected chi connectivity index (χ1v) is 7.12. The van der Waals surface area contributed by atoms with E-state index in [1.165, 1.54) is 4.88 Å². The molecule has 18 heavy (non-hydrogen) atoms. The molecule has 1 heterocycles. The lowest BCUT2D eigenvalue weighted by atomic mass is 10.1. The fourth-order valence-electron chi connectivity index (χ4n) is 1.84. The summed E-state index contributed by atoms with van der Waals surface area (Å²) in [6.07, 6.45) is 0. The van der Waals surface area contributed by atoms with Crippen LogP contribution in [0.2, 0.25) is 5.02 Å². The molecule has 0 amide bonds. The lowest BCUT2D eigenvalue weighted by molar-refractivity contribution is 0.817. The summed E-state index contributed by atoms with van der Waals surface area (Å²) in [7, 11) is 2.05. The van der Waals surface area contributed by atoms with E-state index >= 15 is 0 Å². The zero-order valence-electron chi connectivity index (χ0n) is 10.6. The van der Waals surface area contributed by atoms with E-state index in [4.69, 9.17) is 17.3 Å². The van der Waals surface area contributed by atoms with E-state index in [9.17, 15) is 0 Å². The predicted octanol–water partition coefficient (Wildman–Crippen LogP) is 4.06. The highest BCUT2D eigenvalue weighted by Gasteiger charge is 2.09. The molecule has 2 N–H and O–H groups in total. The fraction of sp³-hybridized carbons (Fsp3) is 0.286. The smallest absolute Gasteiger partial charge is 0.0642 e. The standard InChI is InChI=1S/C14H17ClN2S/c1-10(16)11-5-6-14(13(15)8-11)17(2)9-12-4-3-7-18-12/h3-8,10H,9,16H2,1-2H3/t10-/m0/s1. The van der Waals surface area contributed by atoms with Gasteiger partial charge in [0.25, 0.3) is 0 Å². The Balaban J connectivity index is 2.17. The molecule has 2 rings (SSSR count). The molecule has 96 valence electrons. The number of hydrogen-bond donors (Lipinski definition) is 1. The van der Waals surface area contributed by atoms with Crippen molar-refractivity contribution in [1.29, 1.82) is 0 Å². The van der Waals surface area contributed by atoms with Crippen LogP contribution in [-0.2, 0) is 6.54 Å². The summed E-state index contributed by atoms with van der Waals surface area (Å²) in [5.74, 6) is 0. The molecule has 0 aliphatic heterocycles. The number of hydrogen-bond acceptors (Lipinski definition) is 3. The van der Waals surface area contributed by atoms with Crippen molar-refractivity contribution in [2.75, 3.05) is 11.9 Å². The van der Waals surface area contributed by atoms with E-state index in [1.807, 2.05) is 32.2 Å². The van der Waals surface area contributed by atoms with E-state index in [1.54, 1.807) is 11.3 Å². The molecule has 0 bridgehead atoms. The Morgan fingerprint density at radius 1 is 1.39 bits per heavy atom. The van der Waals surface area contributed by atoms with Gasteiger partial charge in [-0.1, -0.05) is 23.7 Å². The average Bonchev–Trinajstić information content (AvgIpc) is 2.81. The van der Waals surface area contributed by atoms with Crippen LogP contribution in [-0.4, -0.2) is 7.05 Å². The van der Waals surface area contributed by atoms with Crippen molar-refractivity contribution in [1.82, 2.24) is 0 Å². The zero-order chi connectivity index (χ0) is 13.1. The first kappa shape index (κ1) is 13.4. The maximum absolute atomic E-state index is 6.31. The number of nitrogens with zero attached hydrogens (tertiary/aromatic N) is 1. The molecule has 1 aromatic carbocycles. The summed E-state index contributed by atoms with van der Waals surface area (Å²) < 4.78 is 0. The second-order valence-corrected chi connectivity index (χ2v) is 5.87. The number of thiophene rings is 1. The number of benzene rings is 1. The number of anilines is 1. The predicted molar refractivity (Wildman–Crippen MR) is 80.5 cm³/mol. The zero-order valence-corrected chi connectivity index (χ0v) is 12.1. The minimum atomic E-state index is 0.0131. The highest BCUT2D eigenvalue weighted by atomic mass is 35.5. The van der Waals surface area contributed by atoms with Crippen molar-refractivity contribution < 1.29 is 0 Å². The van der Waals surface area contributed by atoms with Crippen molar-refractivity contribution in [3.05, 3.63) is 51.2 Å². The molecule has 4 heteroatoms. The van der Waals surface area contributed by atoms with Gasteiger partial charge in [0.05, 0.1) is 17.3 Å². The van der Waals surface area contributed by atoms with Crippen LogP contribution in [0.1, 0.15) is 23.4 Å². The van der Waals surface area contributed by atoms with Crippen molar-refractivity contribution in [2.45, 2.75) is 19.5 Å². The molecule has 2 aromatic rings. The van der Waals surface area contributed by atoms with Crippen LogP contribution in [0.25, 0.3) is 0 Å². The fourth-order valence-corrected chi connectivity index (χ4v) is 2.93. The van der Waals surface area contributed by atoms with Crippen molar-refractivity contribution in [3.63, 3.8) is 0 Å². The Hall–Kier alpha value is -1.03. The largest absolute Gasteiger partial charge is 0.368 e. The molecule has 0 saturated heterocycles. The highest BCUT2D eigenvalue weighted by Crippen LogP contribution is 2.29. The minimum absolute atomic E-state index is 0.0131. The topological polar surface area (TPSA) is 29.3 Å². The normalized spacial score (nSPS) is 12.4. The summed E-state index contributed by atoms with van der Waals surface area (Å²) in [5.41, 5.74) is 7.95. The quantitative estimate of drug-likeness (QED) is 0.915. The summed E-state index contributed by atoms with van der Waals surface area (Å²) in [4.78, 5) is 3.48. The Morgan fingerprint density at radius 3 is 2.72 bits per heavy atom. The second-order valence-electron chi connectivity index (χ2n) is 4.43. The summed E-state index contributed by atoms with van der Waals surface area (Å²) >= 11 is 8.07. The van der Waals surface area contributed by atoms with Crippen molar-refractivity contribution in [2.24, 2.45) is 5.73 Å². The lowest BCUT2D eigenvalue weighted by Gasteiger charge is -2.21. The molecule has 0 fully saturated rings. The number of nitrogens with two attached hydrogens (primary N) is 1. The maximum atomic E-state index is 6.31. The lowest BCUT2D eigenvalue weighted by Crippen LogP contribution is -2.16. The van der Waals surface area contributed by atoms with Crippen molar-refractivity contribution >= 4 is 28.6 Å². The van der Waals surface area contributed by atoms with E-state index < -0.39 is 0 Å². The molecule has 0 radical (unpaired) electrons. The van der Waals surface area contributed by atoms with Gasteiger partial charge in [-0.05, 0) is 36.1 Å². The van der Waals surface area contributed by atoms with Gasteiger partial charge >= 0.3 is 0 Å². The Kier molecular flexibility index (Phi) is 4.27. The van der Waals surface area contributed by atoms with Gasteiger partial charge in [-0.3, -0.25) is 0 Å². The molecule has 0 aliphatic carbocycles. The van der Waals surface area contributed by atoms with Crippen LogP contribution in [0.3, 0.4) is 0 Å². The summed E-state index contributed by atoms with van der Waals surface area (Å²) in [6, 6.07) is 10.2. The molecule has 1 aromatic heterocycles. The van der Waals surface area contributed by atoms with Gasteiger partial charge in [-0.25, -0.2) is 0 Å². The molecule has 0 spiro atoms. The molecule has 1 atom stereocenters. The highest BCUT2D eigenvalue weighted by molar-refractivity contribution is 7.09. The van der Waals surface area contributed by atoms with E-state index in [2.05, 4.69) is 22.4 Å². The average molecular weight is 281 g/mol. The van der Waals surface area contributed by atoms with Gasteiger partial charge in [-0.2, -0.15) is 0 Å². The third-order valence-corrected chi connectivity index (χ3v) is 4.05. The first-order valence-electron chi connectivity index (χ1n) is 5.86. The molecule has 0 saturated carbocycles. The van der Waals surface area contributed by atoms with Gasteiger partial charge in [0.1, 0.15) is 0 Å². The number of rotatable bonds is 4. The summed E-state index contributed by atoms with van der Waals surface area (Å²) in [6.45, 7) is 2.83. The van der Waals surface area contributed by atoms with Crippen LogP contribution >= 0.6 is 22.9 Å². The van der Waals surface area contributed by atoms with Crippen LogP contribution in [0.5, 0.6) is 0 Å². The van der Waals surface area contributed by atoms with Gasteiger partial charge in [0.15, 0.2) is 0 Å². The second kappa shape index (κ2) is 5.74. The monoisotopic (exact) mass is 280 g/mol. The van der Waals surface area contributed by atoms with E-state index in [0.29, 0.717) is 0 Å². The van der Waals surface area contributed by atoms with Crippen molar-refractivity contribution in [3.8, 4) is 0 Å². The Bertz CT molecular complexity index is 509. The van der Waals surface area contributed by atoms with E-state index in [0.717, 1.165) is 22.8 Å². The van der Waals surface area contributed by atoms with Crippen LogP contribution < -0.4 is 10.6 Å². The van der Waals surface area contributed by atoms with Gasteiger partial charge in [0, 0.05) is 18.0 Å². The molecule has 0 aliphatic rings. The van der Waals surface area contributed by atoms with Gasteiger partial charge in [-0.15, -0.1) is 11.3 Å².